The normalized spacial score (nSPS) is 14.0. The number of rotatable bonds is 45. The van der Waals surface area contributed by atoms with E-state index in [1.54, 1.807) is 0 Å². The largest absolute Gasteiger partial charge is 0.508 e. The van der Waals surface area contributed by atoms with Crippen molar-refractivity contribution in [1.82, 2.24) is 58.5 Å². The van der Waals surface area contributed by atoms with E-state index in [2.05, 4.69) is 65.8 Å². The SMILES string of the molecule is N=C(N)NCCC[C@H](NC(=O)[C@H](Cc1ccc(O)cc1)NC(=O)[C@H](CCCNC(=N)N)NC(=O)[C@H](Cc1ccc(O)cc1)NC(=O)[C@@H](N)CC(N)=O)C(=O)N[C@@H](CS)C(=O)N[C@@H](CCCCN)C(=O)N[C@@H](CC(N)=O)C(=O)N[C@@H](CCC(N)=O)C(=O)N[C@@H](CC(N)=O)C(=O)O. The molecule has 0 saturated carbocycles. The summed E-state index contributed by atoms with van der Waals surface area (Å²) in [7, 11) is 0. The van der Waals surface area contributed by atoms with E-state index in [0.29, 0.717) is 11.1 Å². The minimum Gasteiger partial charge on any atom is -0.508 e. The minimum atomic E-state index is -1.92. The lowest BCUT2D eigenvalue weighted by molar-refractivity contribution is -0.144. The molecule has 0 aliphatic carbocycles. The fraction of sp³-hybridized carbons (Fsp3) is 0.500. The Morgan fingerprint density at radius 2 is 0.716 bits per heavy atom. The fourth-order valence-electron chi connectivity index (χ4n) is 8.84. The molecule has 2 aromatic carbocycles. The highest BCUT2D eigenvalue weighted by Gasteiger charge is 2.37. The number of carbonyl (C=O) groups is 14. The van der Waals surface area contributed by atoms with E-state index in [4.69, 9.17) is 56.7 Å². The van der Waals surface area contributed by atoms with Crippen molar-refractivity contribution in [2.75, 3.05) is 25.4 Å². The molecular formula is C56H87N21O17S. The zero-order chi connectivity index (χ0) is 71.5. The number of benzene rings is 2. The molecule has 0 radical (unpaired) electrons. The van der Waals surface area contributed by atoms with Crippen LogP contribution in [0.5, 0.6) is 11.5 Å². The molecule has 524 valence electrons. The Balaban J connectivity index is 2.61. The Bertz CT molecular complexity index is 3040. The van der Waals surface area contributed by atoms with Gasteiger partial charge in [-0.1, -0.05) is 24.3 Å². The Hall–Kier alpha value is -10.6. The van der Waals surface area contributed by atoms with Crippen LogP contribution in [-0.4, -0.2) is 196 Å². The molecule has 0 aliphatic rings. The number of nitrogens with one attached hydrogen (secondary N) is 13. The van der Waals surface area contributed by atoms with Crippen molar-refractivity contribution >= 4 is 107 Å². The van der Waals surface area contributed by atoms with Gasteiger partial charge in [-0.2, -0.15) is 12.6 Å². The second-order valence-electron chi connectivity index (χ2n) is 21.7. The number of phenolic OH excluding ortho intramolecular Hbond substituents is 2. The third-order valence-corrected chi connectivity index (χ3v) is 14.1. The monoisotopic (exact) mass is 1360 g/mol. The summed E-state index contributed by atoms with van der Waals surface area (Å²) in [5.41, 5.74) is 44.3. The predicted molar refractivity (Wildman–Crippen MR) is 342 cm³/mol. The highest BCUT2D eigenvalue weighted by molar-refractivity contribution is 7.80. The Kier molecular flexibility index (Phi) is 35.4. The summed E-state index contributed by atoms with van der Waals surface area (Å²) in [6.07, 6.45) is -4.36. The van der Waals surface area contributed by atoms with E-state index >= 15 is 0 Å². The zero-order valence-corrected chi connectivity index (χ0v) is 52.6. The molecule has 13 amide bonds. The number of phenols is 2. The molecule has 10 atom stereocenters. The number of aliphatic carboxylic acids is 1. The van der Waals surface area contributed by atoms with Crippen molar-refractivity contribution in [2.45, 2.75) is 150 Å². The molecule has 2 rings (SSSR count). The summed E-state index contributed by atoms with van der Waals surface area (Å²) < 4.78 is 0. The van der Waals surface area contributed by atoms with Gasteiger partial charge in [0.15, 0.2) is 11.9 Å². The summed E-state index contributed by atoms with van der Waals surface area (Å²) in [5, 5.41) is 71.5. The Morgan fingerprint density at radius 1 is 0.400 bits per heavy atom. The van der Waals surface area contributed by atoms with Crippen LogP contribution in [0.1, 0.15) is 88.2 Å². The zero-order valence-electron chi connectivity index (χ0n) is 51.7. The number of carbonyl (C=O) groups excluding carboxylic acids is 13. The van der Waals surface area contributed by atoms with Crippen LogP contribution >= 0.6 is 12.6 Å². The number of guanidine groups is 2. The van der Waals surface area contributed by atoms with Crippen LogP contribution in [0.4, 0.5) is 0 Å². The van der Waals surface area contributed by atoms with E-state index < -0.39 is 193 Å². The fourth-order valence-corrected chi connectivity index (χ4v) is 9.10. The van der Waals surface area contributed by atoms with E-state index in [1.165, 1.54) is 48.5 Å². The molecule has 32 N–H and O–H groups in total. The molecule has 0 unspecified atom stereocenters. The molecule has 38 nitrogen and oxygen atoms in total. The summed E-state index contributed by atoms with van der Waals surface area (Å²) in [5.74, 6) is -17.3. The van der Waals surface area contributed by atoms with Crippen LogP contribution in [0, 0.1) is 10.8 Å². The topological polar surface area (TPSA) is 688 Å². The maximum Gasteiger partial charge on any atom is 0.326 e. The molecule has 0 saturated heterocycles. The first-order chi connectivity index (χ1) is 44.7. The van der Waals surface area contributed by atoms with E-state index in [0.717, 1.165) is 0 Å². The number of unbranched alkanes of at least 4 members (excludes halogenated alkanes) is 1. The standard InChI is InChI=1S/C56H87N21O17S/c57-18-2-1-5-32(46(85)75-38(24-43(61)82)52(91)72-35(16-17-41(59)80)49(88)76-39(54(93)94)25-44(62)83)71-53(92)40(26-95)77-48(87)34(7-4-20-68-56(65)66)70-51(90)37(22-28-10-14-30(79)15-11-28)74-47(86)33(6-3-19-67-55(63)64)69-50(89)36(21-27-8-12-29(78)13-9-27)73-45(84)31(58)23-42(60)81/h8-15,31-40,78-79,95H,1-7,16-26,57-58H2,(H2,59,80)(H2,60,81)(H2,61,82)(H2,62,83)(H,69,89)(H,70,90)(H,71,92)(H,72,91)(H,73,84)(H,74,86)(H,75,85)(H,76,88)(H,77,87)(H,93,94)(H4,63,64,67)(H4,65,66,68)/t31-,32-,33-,34-,35-,36-,37-,38-,39-,40-/m0/s1. The Morgan fingerprint density at radius 3 is 1.08 bits per heavy atom. The molecule has 39 heteroatoms. The predicted octanol–water partition coefficient (Wildman–Crippen LogP) is -8.86. The highest BCUT2D eigenvalue weighted by atomic mass is 32.1. The first kappa shape index (κ1) is 80.5. The second-order valence-corrected chi connectivity index (χ2v) is 22.1. The van der Waals surface area contributed by atoms with Crippen molar-refractivity contribution in [3.05, 3.63) is 59.7 Å². The smallest absolute Gasteiger partial charge is 0.326 e. The van der Waals surface area contributed by atoms with Gasteiger partial charge in [0.05, 0.1) is 25.3 Å². The van der Waals surface area contributed by atoms with Gasteiger partial charge in [-0.25, -0.2) is 4.79 Å². The van der Waals surface area contributed by atoms with Gasteiger partial charge in [0.1, 0.15) is 65.9 Å². The number of carboxylic acids is 1. The molecular weight excluding hydrogens is 1270 g/mol. The highest BCUT2D eigenvalue weighted by Crippen LogP contribution is 2.16. The summed E-state index contributed by atoms with van der Waals surface area (Å²) in [4.78, 5) is 186. The van der Waals surface area contributed by atoms with Crippen LogP contribution < -0.4 is 104 Å². The van der Waals surface area contributed by atoms with Gasteiger partial charge in [-0.05, 0) is 93.3 Å². The number of thiol groups is 1. The van der Waals surface area contributed by atoms with Crippen molar-refractivity contribution < 1.29 is 82.4 Å². The minimum absolute atomic E-state index is 0.000500. The lowest BCUT2D eigenvalue weighted by Gasteiger charge is -2.28. The maximum absolute atomic E-state index is 14.7. The van der Waals surface area contributed by atoms with Gasteiger partial charge < -0.3 is 120 Å². The van der Waals surface area contributed by atoms with E-state index in [9.17, 15) is 82.4 Å². The van der Waals surface area contributed by atoms with Crippen LogP contribution in [0.25, 0.3) is 0 Å². The first-order valence-corrected chi connectivity index (χ1v) is 30.2. The molecule has 0 aliphatic heterocycles. The lowest BCUT2D eigenvalue weighted by Crippen LogP contribution is -2.61. The molecule has 0 aromatic heterocycles. The van der Waals surface area contributed by atoms with Crippen LogP contribution in [0.2, 0.25) is 0 Å². The van der Waals surface area contributed by atoms with Gasteiger partial charge in [0.2, 0.25) is 76.8 Å². The quantitative estimate of drug-likeness (QED) is 0.0127. The number of primary amides is 4. The first-order valence-electron chi connectivity index (χ1n) is 29.6. The molecule has 0 fully saturated rings. The lowest BCUT2D eigenvalue weighted by atomic mass is 10.0. The van der Waals surface area contributed by atoms with Crippen molar-refractivity contribution in [3.8, 4) is 11.5 Å². The number of hydrogen-bond acceptors (Lipinski definition) is 21. The molecule has 0 spiro atoms. The average molecular weight is 1360 g/mol. The Labute approximate surface area is 549 Å². The van der Waals surface area contributed by atoms with E-state index in [1.807, 2.05) is 5.32 Å². The number of nitrogens with two attached hydrogens (primary N) is 8. The van der Waals surface area contributed by atoms with Crippen molar-refractivity contribution in [3.63, 3.8) is 0 Å². The van der Waals surface area contributed by atoms with Crippen LogP contribution in [-0.2, 0) is 80.0 Å². The molecule has 0 bridgehead atoms. The number of carboxylic acid groups (broad SMARTS) is 1. The summed E-state index contributed by atoms with van der Waals surface area (Å²) in [6.45, 7) is 0.0615. The average Bonchev–Trinajstić information content (AvgIpc) is 1.04. The third-order valence-electron chi connectivity index (χ3n) is 13.8. The van der Waals surface area contributed by atoms with Crippen LogP contribution in [0.3, 0.4) is 0 Å². The van der Waals surface area contributed by atoms with Crippen molar-refractivity contribution in [1.29, 1.82) is 10.8 Å². The molecule has 2 aromatic rings. The number of aromatic hydroxyl groups is 2. The second kappa shape index (κ2) is 41.8. The number of amides is 13. The van der Waals surface area contributed by atoms with Gasteiger partial charge in [-0.3, -0.25) is 73.1 Å². The summed E-state index contributed by atoms with van der Waals surface area (Å²) in [6, 6.07) is -5.71. The summed E-state index contributed by atoms with van der Waals surface area (Å²) >= 11 is 4.26. The van der Waals surface area contributed by atoms with Gasteiger partial charge in [-0.15, -0.1) is 0 Å². The van der Waals surface area contributed by atoms with Gasteiger partial charge in [0.25, 0.3) is 0 Å². The van der Waals surface area contributed by atoms with Gasteiger partial charge in [0, 0.05) is 38.1 Å². The third kappa shape index (κ3) is 32.0. The molecule has 0 heterocycles. The molecule has 95 heavy (non-hydrogen) atoms. The van der Waals surface area contributed by atoms with Crippen molar-refractivity contribution in [2.24, 2.45) is 45.9 Å². The van der Waals surface area contributed by atoms with Crippen LogP contribution in [0.15, 0.2) is 48.5 Å². The van der Waals surface area contributed by atoms with E-state index in [-0.39, 0.29) is 88.9 Å². The maximum atomic E-state index is 14.7. The number of hydrogen-bond donors (Lipinski definition) is 25. The van der Waals surface area contributed by atoms with Gasteiger partial charge >= 0.3 is 5.97 Å².